The molecule has 1 saturated carbocycles. The third kappa shape index (κ3) is 1.26. The van der Waals surface area contributed by atoms with Crippen LogP contribution in [0.2, 0.25) is 0 Å². The molecule has 3 rings (SSSR count). The topological polar surface area (TPSA) is 30.9 Å². The van der Waals surface area contributed by atoms with E-state index >= 15 is 0 Å². The van der Waals surface area contributed by atoms with E-state index < -0.39 is 0 Å². The van der Waals surface area contributed by atoms with Gasteiger partial charge in [-0.05, 0) is 34.3 Å². The molecule has 1 fully saturated rings. The van der Waals surface area contributed by atoms with Gasteiger partial charge in [0.05, 0.1) is 5.52 Å². The van der Waals surface area contributed by atoms with Crippen LogP contribution >= 0.6 is 15.9 Å². The van der Waals surface area contributed by atoms with Gasteiger partial charge in [-0.25, -0.2) is 0 Å². The molecule has 0 unspecified atom stereocenters. The lowest BCUT2D eigenvalue weighted by Crippen LogP contribution is -2.19. The number of hydrogen-bond donors (Lipinski definition) is 1. The Labute approximate surface area is 97.2 Å². The molecule has 15 heavy (non-hydrogen) atoms. The molecule has 1 aromatic heterocycles. The summed E-state index contributed by atoms with van der Waals surface area (Å²) in [5, 5.41) is 1.26. The van der Waals surface area contributed by atoms with Crippen molar-refractivity contribution in [3.8, 4) is 0 Å². The van der Waals surface area contributed by atoms with Crippen LogP contribution in [0.5, 0.6) is 0 Å². The molecule has 2 N–H and O–H groups in total. The van der Waals surface area contributed by atoms with Crippen molar-refractivity contribution in [3.05, 3.63) is 34.4 Å². The number of benzene rings is 1. The molecule has 1 aromatic carbocycles. The zero-order valence-electron chi connectivity index (χ0n) is 8.63. The summed E-state index contributed by atoms with van der Waals surface area (Å²) in [6.45, 7) is 0. The first-order valence-electron chi connectivity index (χ1n) is 5.15. The summed E-state index contributed by atoms with van der Waals surface area (Å²) in [7, 11) is 2.07. The second kappa shape index (κ2) is 2.86. The van der Waals surface area contributed by atoms with Gasteiger partial charge in [-0.3, -0.25) is 0 Å². The molecule has 0 aliphatic heterocycles. The number of para-hydroxylation sites is 1. The van der Waals surface area contributed by atoms with E-state index in [0.29, 0.717) is 0 Å². The van der Waals surface area contributed by atoms with Gasteiger partial charge in [-0.15, -0.1) is 0 Å². The highest BCUT2D eigenvalue weighted by atomic mass is 79.9. The van der Waals surface area contributed by atoms with Gasteiger partial charge in [-0.1, -0.05) is 18.2 Å². The van der Waals surface area contributed by atoms with Gasteiger partial charge in [0.2, 0.25) is 0 Å². The van der Waals surface area contributed by atoms with Gasteiger partial charge in [-0.2, -0.15) is 0 Å². The Bertz CT molecular complexity index is 538. The fourth-order valence-corrected chi connectivity index (χ4v) is 2.85. The van der Waals surface area contributed by atoms with Gasteiger partial charge in [0.1, 0.15) is 0 Å². The third-order valence-corrected chi connectivity index (χ3v) is 3.91. The highest BCUT2D eigenvalue weighted by Crippen LogP contribution is 2.46. The second-order valence-electron chi connectivity index (χ2n) is 4.45. The summed E-state index contributed by atoms with van der Waals surface area (Å²) in [4.78, 5) is 0. The highest BCUT2D eigenvalue weighted by molar-refractivity contribution is 9.10. The van der Waals surface area contributed by atoms with Crippen molar-refractivity contribution in [1.82, 2.24) is 4.57 Å². The van der Waals surface area contributed by atoms with Crippen molar-refractivity contribution in [2.45, 2.75) is 18.4 Å². The number of nitrogens with zero attached hydrogens (tertiary/aromatic N) is 1. The maximum absolute atomic E-state index is 6.28. The second-order valence-corrected chi connectivity index (χ2v) is 5.30. The average molecular weight is 265 g/mol. The van der Waals surface area contributed by atoms with E-state index in [1.165, 1.54) is 16.5 Å². The van der Waals surface area contributed by atoms with E-state index in [1.54, 1.807) is 0 Å². The quantitative estimate of drug-likeness (QED) is 0.844. The first-order chi connectivity index (χ1) is 7.12. The van der Waals surface area contributed by atoms with Crippen molar-refractivity contribution in [2.24, 2.45) is 12.8 Å². The molecule has 0 radical (unpaired) electrons. The Balaban J connectivity index is 2.39. The van der Waals surface area contributed by atoms with Crippen LogP contribution in [0.25, 0.3) is 10.9 Å². The minimum Gasteiger partial charge on any atom is -0.349 e. The minimum atomic E-state index is -0.0644. The molecular formula is C12H13BrN2. The molecular weight excluding hydrogens is 252 g/mol. The van der Waals surface area contributed by atoms with Crippen LogP contribution in [0.1, 0.15) is 18.4 Å². The summed E-state index contributed by atoms with van der Waals surface area (Å²) in [6.07, 6.45) is 4.31. The van der Waals surface area contributed by atoms with E-state index in [2.05, 4.69) is 51.9 Å². The van der Waals surface area contributed by atoms with Crippen LogP contribution in [0.3, 0.4) is 0 Å². The summed E-state index contributed by atoms with van der Waals surface area (Å²) < 4.78 is 3.30. The van der Waals surface area contributed by atoms with Gasteiger partial charge in [0, 0.05) is 28.6 Å². The lowest BCUT2D eigenvalue weighted by molar-refractivity contribution is 0.740. The van der Waals surface area contributed by atoms with Crippen molar-refractivity contribution in [1.29, 1.82) is 0 Å². The smallest absolute Gasteiger partial charge is 0.0540 e. The molecule has 78 valence electrons. The van der Waals surface area contributed by atoms with E-state index in [-0.39, 0.29) is 5.54 Å². The number of aryl methyl sites for hydroxylation is 1. The average Bonchev–Trinajstić information content (AvgIpc) is 2.89. The SMILES string of the molecule is Cn1cc(Br)c2cccc(C3(N)CC3)c21. The van der Waals surface area contributed by atoms with E-state index in [1.807, 2.05) is 0 Å². The van der Waals surface area contributed by atoms with Crippen molar-refractivity contribution in [2.75, 3.05) is 0 Å². The largest absolute Gasteiger partial charge is 0.349 e. The van der Waals surface area contributed by atoms with Crippen molar-refractivity contribution >= 4 is 26.8 Å². The molecule has 1 aliphatic carbocycles. The van der Waals surface area contributed by atoms with Crippen molar-refractivity contribution < 1.29 is 0 Å². The zero-order chi connectivity index (χ0) is 10.6. The number of rotatable bonds is 1. The first kappa shape index (κ1) is 9.43. The molecule has 1 aliphatic rings. The zero-order valence-corrected chi connectivity index (χ0v) is 10.2. The summed E-state index contributed by atoms with van der Waals surface area (Å²) in [5.74, 6) is 0. The van der Waals surface area contributed by atoms with Crippen LogP contribution in [0, 0.1) is 0 Å². The van der Waals surface area contributed by atoms with Crippen molar-refractivity contribution in [3.63, 3.8) is 0 Å². The van der Waals surface area contributed by atoms with E-state index in [0.717, 1.165) is 17.3 Å². The number of halogens is 1. The van der Waals surface area contributed by atoms with Gasteiger partial charge in [0.25, 0.3) is 0 Å². The molecule has 0 saturated heterocycles. The molecule has 0 spiro atoms. The maximum Gasteiger partial charge on any atom is 0.0540 e. The fourth-order valence-electron chi connectivity index (χ4n) is 2.23. The highest BCUT2D eigenvalue weighted by Gasteiger charge is 2.41. The lowest BCUT2D eigenvalue weighted by Gasteiger charge is -2.12. The number of nitrogens with two attached hydrogens (primary N) is 1. The van der Waals surface area contributed by atoms with Gasteiger partial charge >= 0.3 is 0 Å². The predicted molar refractivity (Wildman–Crippen MR) is 65.7 cm³/mol. The Morgan fingerprint density at radius 2 is 2.13 bits per heavy atom. The number of aromatic nitrogens is 1. The monoisotopic (exact) mass is 264 g/mol. The molecule has 2 nitrogen and oxygen atoms in total. The van der Waals surface area contributed by atoms with Crippen LogP contribution < -0.4 is 5.73 Å². The lowest BCUT2D eigenvalue weighted by atomic mass is 10.0. The Morgan fingerprint density at radius 1 is 1.40 bits per heavy atom. The van der Waals surface area contributed by atoms with E-state index in [9.17, 15) is 0 Å². The summed E-state index contributed by atoms with van der Waals surface area (Å²) >= 11 is 3.58. The standard InChI is InChI=1S/C12H13BrN2/c1-15-7-10(13)8-3-2-4-9(11(8)15)12(14)5-6-12/h2-4,7H,5-6,14H2,1H3. The Hall–Kier alpha value is -0.800. The third-order valence-electron chi connectivity index (χ3n) is 3.28. The maximum atomic E-state index is 6.28. The predicted octanol–water partition coefficient (Wildman–Crippen LogP) is 2.89. The van der Waals surface area contributed by atoms with Crippen LogP contribution in [0.15, 0.2) is 28.9 Å². The first-order valence-corrected chi connectivity index (χ1v) is 5.94. The fraction of sp³-hybridized carbons (Fsp3) is 0.333. The molecule has 0 atom stereocenters. The molecule has 2 aromatic rings. The normalized spacial score (nSPS) is 18.3. The number of fused-ring (bicyclic) bond motifs is 1. The summed E-state index contributed by atoms with van der Waals surface area (Å²) in [5.41, 5.74) is 8.77. The Morgan fingerprint density at radius 3 is 2.80 bits per heavy atom. The van der Waals surface area contributed by atoms with Gasteiger partial charge in [0.15, 0.2) is 0 Å². The summed E-state index contributed by atoms with van der Waals surface area (Å²) in [6, 6.07) is 6.38. The molecule has 0 amide bonds. The molecule has 3 heteroatoms. The number of hydrogen-bond acceptors (Lipinski definition) is 1. The van der Waals surface area contributed by atoms with Gasteiger partial charge < -0.3 is 10.3 Å². The molecule has 1 heterocycles. The minimum absolute atomic E-state index is 0.0644. The van der Waals surface area contributed by atoms with Crippen LogP contribution in [-0.2, 0) is 12.6 Å². The Kier molecular flexibility index (Phi) is 1.80. The van der Waals surface area contributed by atoms with E-state index in [4.69, 9.17) is 5.73 Å². The van der Waals surface area contributed by atoms with Crippen LogP contribution in [0.4, 0.5) is 0 Å². The van der Waals surface area contributed by atoms with Crippen LogP contribution in [-0.4, -0.2) is 4.57 Å². The molecule has 0 bridgehead atoms.